The Kier molecular flexibility index (Phi) is 6.82. The van der Waals surface area contributed by atoms with Crippen LogP contribution in [0.1, 0.15) is 5.56 Å². The molecule has 0 radical (unpaired) electrons. The highest BCUT2D eigenvalue weighted by atomic mass is 32.1. The molecule has 1 aliphatic rings. The van der Waals surface area contributed by atoms with Gasteiger partial charge in [0.25, 0.3) is 0 Å². The van der Waals surface area contributed by atoms with Crippen molar-refractivity contribution in [3.63, 3.8) is 0 Å². The second-order valence-electron chi connectivity index (χ2n) is 15.2. The van der Waals surface area contributed by atoms with Crippen LogP contribution in [0.5, 0.6) is 0 Å². The fourth-order valence-electron chi connectivity index (χ4n) is 9.60. The van der Waals surface area contributed by atoms with Gasteiger partial charge in [0, 0.05) is 25.7 Å². The van der Waals surface area contributed by atoms with Crippen molar-refractivity contribution < 1.29 is 0 Å². The predicted octanol–water partition coefficient (Wildman–Crippen LogP) is 16.1. The molecule has 12 rings (SSSR count). The van der Waals surface area contributed by atoms with Gasteiger partial charge in [0.2, 0.25) is 0 Å². The average Bonchev–Trinajstić information content (AvgIpc) is 3.81. The van der Waals surface area contributed by atoms with Crippen molar-refractivity contribution in [2.75, 3.05) is 0 Å². The van der Waals surface area contributed by atoms with Crippen molar-refractivity contribution in [1.29, 1.82) is 0 Å². The topological polar surface area (TPSA) is 0 Å². The molecule has 0 saturated heterocycles. The van der Waals surface area contributed by atoms with Crippen molar-refractivity contribution in [3.05, 3.63) is 194 Å². The molecule has 0 bridgehead atoms. The third-order valence-electron chi connectivity index (χ3n) is 12.1. The highest BCUT2D eigenvalue weighted by Crippen LogP contribution is 2.59. The van der Waals surface area contributed by atoms with Crippen LogP contribution in [-0.4, -0.2) is 0 Å². The van der Waals surface area contributed by atoms with Crippen LogP contribution in [0.15, 0.2) is 188 Å². The summed E-state index contributed by atoms with van der Waals surface area (Å²) in [5, 5.41) is 10.5. The SMILES string of the molecule is Cc1ccc(-c2c3c(c(-c4ccccc4)c4ccccc24)-c2cccc4c(-c5cc6ccccc6c6c5sc5ccc(-c7ccccc7)cc56)ccc-3c24)cc1. The Morgan fingerprint density at radius 1 is 0.321 bits per heavy atom. The monoisotopic (exact) mass is 726 g/mol. The summed E-state index contributed by atoms with van der Waals surface area (Å²) >= 11 is 1.92. The molecule has 260 valence electrons. The number of hydrogen-bond donors (Lipinski definition) is 0. The van der Waals surface area contributed by atoms with Crippen molar-refractivity contribution in [3.8, 4) is 66.8 Å². The number of benzene rings is 10. The van der Waals surface area contributed by atoms with E-state index in [0.29, 0.717) is 0 Å². The molecule has 0 N–H and O–H groups in total. The molecule has 0 unspecified atom stereocenters. The summed E-state index contributed by atoms with van der Waals surface area (Å²) in [7, 11) is 0. The maximum atomic E-state index is 2.44. The van der Waals surface area contributed by atoms with E-state index >= 15 is 0 Å². The molecule has 0 fully saturated rings. The van der Waals surface area contributed by atoms with Gasteiger partial charge in [-0.1, -0.05) is 175 Å². The van der Waals surface area contributed by atoms with Crippen LogP contribution in [0.3, 0.4) is 0 Å². The third-order valence-corrected chi connectivity index (χ3v) is 13.3. The first kappa shape index (κ1) is 31.5. The molecule has 1 aromatic heterocycles. The minimum atomic E-state index is 1.24. The maximum Gasteiger partial charge on any atom is 0.0440 e. The summed E-state index contributed by atoms with van der Waals surface area (Å²) in [5.41, 5.74) is 16.8. The standard InChI is InChI=1S/C55H34S/c1-33-23-25-36(26-24-33)50-43-20-11-10-19-42(43)49(35-15-6-3-7-16-35)53-44-22-12-21-41-40(28-29-45(51(41)44)54(50)53)46-32-38-17-8-9-18-39(38)52-47-31-37(34-13-4-2-5-14-34)27-30-48(47)56-55(46)52/h2-32H,1H3. The highest BCUT2D eigenvalue weighted by molar-refractivity contribution is 7.26. The lowest BCUT2D eigenvalue weighted by atomic mass is 9.82. The fraction of sp³-hybridized carbons (Fsp3) is 0.0182. The van der Waals surface area contributed by atoms with E-state index in [2.05, 4.69) is 195 Å². The molecular formula is C55H34S. The van der Waals surface area contributed by atoms with E-state index < -0.39 is 0 Å². The van der Waals surface area contributed by atoms with Crippen LogP contribution in [0, 0.1) is 6.92 Å². The van der Waals surface area contributed by atoms with E-state index in [4.69, 9.17) is 0 Å². The Labute approximate surface area is 329 Å². The van der Waals surface area contributed by atoms with E-state index in [1.807, 2.05) is 11.3 Å². The van der Waals surface area contributed by atoms with Gasteiger partial charge in [-0.3, -0.25) is 0 Å². The summed E-state index contributed by atoms with van der Waals surface area (Å²) < 4.78 is 2.66. The maximum absolute atomic E-state index is 2.44. The number of fused-ring (bicyclic) bond motifs is 9. The van der Waals surface area contributed by atoms with Crippen LogP contribution < -0.4 is 0 Å². The van der Waals surface area contributed by atoms with Crippen LogP contribution in [-0.2, 0) is 0 Å². The zero-order valence-electron chi connectivity index (χ0n) is 30.8. The smallest absolute Gasteiger partial charge is 0.0440 e. The Balaban J connectivity index is 1.19. The quantitative estimate of drug-likeness (QED) is 0.169. The van der Waals surface area contributed by atoms with Gasteiger partial charge in [-0.15, -0.1) is 11.3 Å². The van der Waals surface area contributed by atoms with Crippen molar-refractivity contribution in [1.82, 2.24) is 0 Å². The Hall–Kier alpha value is -6.80. The van der Waals surface area contributed by atoms with E-state index in [-0.39, 0.29) is 0 Å². The van der Waals surface area contributed by atoms with Crippen LogP contribution in [0.4, 0.5) is 0 Å². The van der Waals surface area contributed by atoms with Crippen molar-refractivity contribution >= 4 is 63.8 Å². The normalized spacial score (nSPS) is 12.0. The number of hydrogen-bond acceptors (Lipinski definition) is 1. The largest absolute Gasteiger partial charge is 0.135 e. The number of thiophene rings is 1. The van der Waals surface area contributed by atoms with Gasteiger partial charge in [-0.05, 0) is 119 Å². The van der Waals surface area contributed by atoms with Gasteiger partial charge in [0.15, 0.2) is 0 Å². The minimum absolute atomic E-state index is 1.24. The third kappa shape index (κ3) is 4.53. The lowest BCUT2D eigenvalue weighted by molar-refractivity contribution is 1.47. The van der Waals surface area contributed by atoms with E-state index in [1.165, 1.54) is 125 Å². The molecule has 0 nitrogen and oxygen atoms in total. The Morgan fingerprint density at radius 3 is 1.62 bits per heavy atom. The number of rotatable bonds is 4. The number of aryl methyl sites for hydroxylation is 1. The predicted molar refractivity (Wildman–Crippen MR) is 243 cm³/mol. The Morgan fingerprint density at radius 2 is 0.893 bits per heavy atom. The van der Waals surface area contributed by atoms with Crippen LogP contribution in [0.25, 0.3) is 119 Å². The molecule has 11 aromatic rings. The fourth-order valence-corrected chi connectivity index (χ4v) is 10.8. The summed E-state index contributed by atoms with van der Waals surface area (Å²) in [6, 6.07) is 70.2. The summed E-state index contributed by atoms with van der Waals surface area (Å²) in [6.07, 6.45) is 0. The van der Waals surface area contributed by atoms with Crippen LogP contribution in [0.2, 0.25) is 0 Å². The molecule has 56 heavy (non-hydrogen) atoms. The van der Waals surface area contributed by atoms with E-state index in [0.717, 1.165) is 0 Å². The van der Waals surface area contributed by atoms with Gasteiger partial charge >= 0.3 is 0 Å². The zero-order valence-corrected chi connectivity index (χ0v) is 31.6. The lowest BCUT2D eigenvalue weighted by Gasteiger charge is -2.20. The molecule has 0 atom stereocenters. The first-order valence-electron chi connectivity index (χ1n) is 19.4. The molecule has 10 aromatic carbocycles. The molecule has 0 saturated carbocycles. The van der Waals surface area contributed by atoms with Gasteiger partial charge in [-0.25, -0.2) is 0 Å². The molecule has 1 heteroatoms. The molecule has 1 heterocycles. The van der Waals surface area contributed by atoms with Gasteiger partial charge in [-0.2, -0.15) is 0 Å². The van der Waals surface area contributed by atoms with E-state index in [1.54, 1.807) is 0 Å². The van der Waals surface area contributed by atoms with Gasteiger partial charge in [0.05, 0.1) is 0 Å². The van der Waals surface area contributed by atoms with Crippen LogP contribution >= 0.6 is 11.3 Å². The molecule has 0 spiro atoms. The van der Waals surface area contributed by atoms with Gasteiger partial charge < -0.3 is 0 Å². The first-order chi connectivity index (χ1) is 27.7. The first-order valence-corrected chi connectivity index (χ1v) is 20.2. The summed E-state index contributed by atoms with van der Waals surface area (Å²) in [6.45, 7) is 2.17. The van der Waals surface area contributed by atoms with Crippen molar-refractivity contribution in [2.24, 2.45) is 0 Å². The summed E-state index contributed by atoms with van der Waals surface area (Å²) in [5.74, 6) is 0. The highest BCUT2D eigenvalue weighted by Gasteiger charge is 2.31. The molecule has 0 amide bonds. The lowest BCUT2D eigenvalue weighted by Crippen LogP contribution is -1.93. The van der Waals surface area contributed by atoms with E-state index in [9.17, 15) is 0 Å². The minimum Gasteiger partial charge on any atom is -0.135 e. The second-order valence-corrected chi connectivity index (χ2v) is 16.2. The molecule has 0 aliphatic heterocycles. The zero-order chi connectivity index (χ0) is 36.9. The second kappa shape index (κ2) is 12.1. The van der Waals surface area contributed by atoms with Crippen molar-refractivity contribution in [2.45, 2.75) is 6.92 Å². The summed E-state index contributed by atoms with van der Waals surface area (Å²) in [4.78, 5) is 0. The molecular weight excluding hydrogens is 693 g/mol. The van der Waals surface area contributed by atoms with Gasteiger partial charge in [0.1, 0.15) is 0 Å². The average molecular weight is 727 g/mol. The Bertz CT molecular complexity index is 3390. The molecule has 1 aliphatic carbocycles.